The number of para-hydroxylation sites is 1. The Labute approximate surface area is 109 Å². The van der Waals surface area contributed by atoms with Crippen LogP contribution in [0.5, 0.6) is 5.75 Å². The monoisotopic (exact) mass is 253 g/mol. The molecule has 18 heavy (non-hydrogen) atoms. The molecule has 0 aliphatic rings. The third kappa shape index (κ3) is 6.00. The summed E-state index contributed by atoms with van der Waals surface area (Å²) in [6.07, 6.45) is 0.322. The van der Waals surface area contributed by atoms with Crippen molar-refractivity contribution in [2.24, 2.45) is 0 Å². The molecule has 0 saturated carbocycles. The molecule has 4 nitrogen and oxygen atoms in total. The van der Waals surface area contributed by atoms with Crippen LogP contribution in [0.3, 0.4) is 0 Å². The zero-order chi connectivity index (χ0) is 13.2. The maximum absolute atomic E-state index is 9.19. The molecule has 1 unspecified atom stereocenters. The van der Waals surface area contributed by atoms with E-state index < -0.39 is 0 Å². The van der Waals surface area contributed by atoms with Crippen molar-refractivity contribution < 1.29 is 14.6 Å². The average Bonchev–Trinajstić information content (AvgIpc) is 2.36. The molecule has 1 atom stereocenters. The second-order valence-electron chi connectivity index (χ2n) is 4.26. The largest absolute Gasteiger partial charge is 0.493 e. The second kappa shape index (κ2) is 8.91. The lowest BCUT2D eigenvalue weighted by Gasteiger charge is -2.12. The van der Waals surface area contributed by atoms with E-state index in [1.54, 1.807) is 14.0 Å². The fourth-order valence-electron chi connectivity index (χ4n) is 1.53. The Morgan fingerprint density at radius 1 is 1.28 bits per heavy atom. The molecule has 0 radical (unpaired) electrons. The molecule has 0 heterocycles. The molecular weight excluding hydrogens is 230 g/mol. The molecule has 2 N–H and O–H groups in total. The topological polar surface area (TPSA) is 50.7 Å². The second-order valence-corrected chi connectivity index (χ2v) is 4.26. The van der Waals surface area contributed by atoms with Gasteiger partial charge in [-0.25, -0.2) is 0 Å². The summed E-state index contributed by atoms with van der Waals surface area (Å²) in [4.78, 5) is 0. The van der Waals surface area contributed by atoms with Crippen molar-refractivity contribution in [1.29, 1.82) is 0 Å². The summed E-state index contributed by atoms with van der Waals surface area (Å²) in [6.45, 7) is 4.58. The van der Waals surface area contributed by atoms with E-state index >= 15 is 0 Å². The Morgan fingerprint density at radius 3 is 2.78 bits per heavy atom. The van der Waals surface area contributed by atoms with Crippen LogP contribution in [0.15, 0.2) is 24.3 Å². The van der Waals surface area contributed by atoms with E-state index in [9.17, 15) is 5.11 Å². The van der Waals surface area contributed by atoms with Crippen molar-refractivity contribution in [2.75, 3.05) is 26.9 Å². The van der Waals surface area contributed by atoms with Crippen molar-refractivity contribution in [2.45, 2.75) is 26.0 Å². The highest BCUT2D eigenvalue weighted by Gasteiger charge is 2.03. The number of hydrogen-bond acceptors (Lipinski definition) is 4. The Bertz CT molecular complexity index is 329. The molecule has 102 valence electrons. The van der Waals surface area contributed by atoms with Crippen LogP contribution < -0.4 is 10.1 Å². The summed E-state index contributed by atoms with van der Waals surface area (Å²) in [7, 11) is 1.69. The number of methoxy groups -OCH3 is 1. The molecule has 0 fully saturated rings. The lowest BCUT2D eigenvalue weighted by Crippen LogP contribution is -2.19. The maximum atomic E-state index is 9.19. The first-order chi connectivity index (χ1) is 8.74. The molecule has 0 saturated heterocycles. The van der Waals surface area contributed by atoms with Crippen LogP contribution in [-0.2, 0) is 11.3 Å². The van der Waals surface area contributed by atoms with Gasteiger partial charge in [-0.05, 0) is 13.0 Å². The Balaban J connectivity index is 2.40. The van der Waals surface area contributed by atoms with Crippen molar-refractivity contribution in [3.8, 4) is 5.75 Å². The van der Waals surface area contributed by atoms with Gasteiger partial charge in [-0.15, -0.1) is 0 Å². The summed E-state index contributed by atoms with van der Waals surface area (Å²) in [5, 5.41) is 12.5. The normalized spacial score (nSPS) is 12.4. The lowest BCUT2D eigenvalue weighted by molar-refractivity contribution is 0.155. The van der Waals surface area contributed by atoms with E-state index in [1.807, 2.05) is 24.3 Å². The minimum absolute atomic E-state index is 0.322. The number of aliphatic hydroxyl groups is 1. The van der Waals surface area contributed by atoms with Crippen LogP contribution in [0, 0.1) is 0 Å². The van der Waals surface area contributed by atoms with Gasteiger partial charge in [0.2, 0.25) is 0 Å². The Hall–Kier alpha value is -1.10. The minimum atomic E-state index is -0.322. The molecule has 0 spiro atoms. The lowest BCUT2D eigenvalue weighted by atomic mass is 10.2. The first-order valence-corrected chi connectivity index (χ1v) is 6.32. The maximum Gasteiger partial charge on any atom is 0.123 e. The average molecular weight is 253 g/mol. The van der Waals surface area contributed by atoms with E-state index in [0.717, 1.165) is 24.4 Å². The number of nitrogens with one attached hydrogen (secondary N) is 1. The first kappa shape index (κ1) is 15.0. The van der Waals surface area contributed by atoms with Crippen molar-refractivity contribution in [3.05, 3.63) is 29.8 Å². The van der Waals surface area contributed by atoms with E-state index in [-0.39, 0.29) is 6.10 Å². The predicted molar refractivity (Wildman–Crippen MR) is 71.8 cm³/mol. The van der Waals surface area contributed by atoms with Gasteiger partial charge in [0.05, 0.1) is 19.3 Å². The molecule has 0 aromatic heterocycles. The highest BCUT2D eigenvalue weighted by atomic mass is 16.5. The quantitative estimate of drug-likeness (QED) is 0.656. The van der Waals surface area contributed by atoms with Gasteiger partial charge in [-0.3, -0.25) is 0 Å². The van der Waals surface area contributed by atoms with Gasteiger partial charge >= 0.3 is 0 Å². The van der Waals surface area contributed by atoms with Crippen LogP contribution in [0.25, 0.3) is 0 Å². The van der Waals surface area contributed by atoms with Gasteiger partial charge in [0.1, 0.15) is 5.75 Å². The van der Waals surface area contributed by atoms with Crippen molar-refractivity contribution >= 4 is 0 Å². The van der Waals surface area contributed by atoms with Crippen molar-refractivity contribution in [3.63, 3.8) is 0 Å². The van der Waals surface area contributed by atoms with E-state index in [0.29, 0.717) is 19.6 Å². The van der Waals surface area contributed by atoms with Gasteiger partial charge < -0.3 is 19.9 Å². The predicted octanol–water partition coefficient (Wildman–Crippen LogP) is 1.57. The first-order valence-electron chi connectivity index (χ1n) is 6.32. The molecule has 0 aliphatic heterocycles. The van der Waals surface area contributed by atoms with Gasteiger partial charge in [0, 0.05) is 32.2 Å². The molecule has 0 amide bonds. The van der Waals surface area contributed by atoms with E-state index in [1.165, 1.54) is 0 Å². The molecule has 1 aromatic carbocycles. The third-order valence-electron chi connectivity index (χ3n) is 2.56. The Morgan fingerprint density at radius 2 is 2.06 bits per heavy atom. The molecule has 1 aromatic rings. The standard InChI is InChI=1S/C14H23NO3/c1-12(16)7-9-18-14-6-4-3-5-13(14)11-15-8-10-17-2/h3-6,12,15-16H,7-11H2,1-2H3. The third-order valence-corrected chi connectivity index (χ3v) is 2.56. The molecule has 1 rings (SSSR count). The van der Waals surface area contributed by atoms with Crippen LogP contribution in [0.4, 0.5) is 0 Å². The van der Waals surface area contributed by atoms with Crippen LogP contribution in [0.1, 0.15) is 18.9 Å². The fraction of sp³-hybridized carbons (Fsp3) is 0.571. The van der Waals surface area contributed by atoms with Crippen LogP contribution in [0.2, 0.25) is 0 Å². The molecule has 4 heteroatoms. The van der Waals surface area contributed by atoms with E-state index in [2.05, 4.69) is 5.32 Å². The van der Waals surface area contributed by atoms with Crippen LogP contribution in [-0.4, -0.2) is 38.1 Å². The van der Waals surface area contributed by atoms with Gasteiger partial charge in [-0.2, -0.15) is 0 Å². The summed E-state index contributed by atoms with van der Waals surface area (Å²) < 4.78 is 10.7. The van der Waals surface area contributed by atoms with Gasteiger partial charge in [0.25, 0.3) is 0 Å². The zero-order valence-electron chi connectivity index (χ0n) is 11.2. The molecular formula is C14H23NO3. The summed E-state index contributed by atoms with van der Waals surface area (Å²) in [6, 6.07) is 7.94. The van der Waals surface area contributed by atoms with Gasteiger partial charge in [-0.1, -0.05) is 18.2 Å². The summed E-state index contributed by atoms with van der Waals surface area (Å²) in [5.74, 6) is 0.878. The zero-order valence-corrected chi connectivity index (χ0v) is 11.2. The van der Waals surface area contributed by atoms with Gasteiger partial charge in [0.15, 0.2) is 0 Å². The number of aliphatic hydroxyl groups excluding tert-OH is 1. The molecule has 0 bridgehead atoms. The smallest absolute Gasteiger partial charge is 0.123 e. The van der Waals surface area contributed by atoms with Crippen LogP contribution >= 0.6 is 0 Å². The number of benzene rings is 1. The minimum Gasteiger partial charge on any atom is -0.493 e. The highest BCUT2D eigenvalue weighted by Crippen LogP contribution is 2.17. The number of hydrogen-bond donors (Lipinski definition) is 2. The van der Waals surface area contributed by atoms with Crippen molar-refractivity contribution in [1.82, 2.24) is 5.32 Å². The SMILES string of the molecule is COCCNCc1ccccc1OCCC(C)O. The highest BCUT2D eigenvalue weighted by molar-refractivity contribution is 5.33. The number of ether oxygens (including phenoxy) is 2. The fourth-order valence-corrected chi connectivity index (χ4v) is 1.53. The summed E-state index contributed by atoms with van der Waals surface area (Å²) >= 11 is 0. The summed E-state index contributed by atoms with van der Waals surface area (Å²) in [5.41, 5.74) is 1.12. The molecule has 0 aliphatic carbocycles. The number of rotatable bonds is 9. The Kier molecular flexibility index (Phi) is 7.41. The van der Waals surface area contributed by atoms with E-state index in [4.69, 9.17) is 9.47 Å².